The highest BCUT2D eigenvalue weighted by Gasteiger charge is 2.40. The Bertz CT molecular complexity index is 810. The Kier molecular flexibility index (Phi) is 6.76. The lowest BCUT2D eigenvalue weighted by atomic mass is 9.87. The van der Waals surface area contributed by atoms with Crippen molar-refractivity contribution in [3.8, 4) is 0 Å². The molecule has 162 valence electrons. The number of nitrogens with two attached hydrogens (primary N) is 1. The van der Waals surface area contributed by atoms with E-state index in [2.05, 4.69) is 14.0 Å². The Morgan fingerprint density at radius 2 is 1.57 bits per heavy atom. The van der Waals surface area contributed by atoms with Gasteiger partial charge in [-0.15, -0.1) is 0 Å². The summed E-state index contributed by atoms with van der Waals surface area (Å²) in [5.41, 5.74) is 7.59. The van der Waals surface area contributed by atoms with Crippen molar-refractivity contribution < 1.29 is 18.1 Å². The number of urea groups is 1. The SMILES string of the molecule is CC1CN(C(N)=O)[C@H](C)C[N@@+]1(C)CCCC(c1ccc(F)cc1)c1ccc(F)cc1. The summed E-state index contributed by atoms with van der Waals surface area (Å²) in [7, 11) is 2.24. The highest BCUT2D eigenvalue weighted by Crippen LogP contribution is 2.31. The van der Waals surface area contributed by atoms with E-state index in [1.54, 1.807) is 4.90 Å². The number of carbonyl (C=O) groups is 1. The van der Waals surface area contributed by atoms with Crippen LogP contribution in [0, 0.1) is 11.6 Å². The molecule has 2 aromatic carbocycles. The van der Waals surface area contributed by atoms with Gasteiger partial charge in [0.2, 0.25) is 0 Å². The van der Waals surface area contributed by atoms with E-state index in [9.17, 15) is 13.6 Å². The molecule has 0 saturated carbocycles. The number of carbonyl (C=O) groups excluding carboxylic acids is 1. The number of primary amides is 1. The summed E-state index contributed by atoms with van der Waals surface area (Å²) >= 11 is 0. The van der Waals surface area contributed by atoms with Crippen molar-refractivity contribution in [2.75, 3.05) is 26.7 Å². The lowest BCUT2D eigenvalue weighted by Gasteiger charge is -2.49. The lowest BCUT2D eigenvalue weighted by Crippen LogP contribution is -2.67. The summed E-state index contributed by atoms with van der Waals surface area (Å²) in [6.07, 6.45) is 1.84. The number of rotatable bonds is 6. The Morgan fingerprint density at radius 1 is 1.07 bits per heavy atom. The third-order valence-corrected chi connectivity index (χ3v) is 6.73. The number of nitrogens with zero attached hydrogens (tertiary/aromatic N) is 2. The minimum atomic E-state index is -0.353. The molecule has 0 aliphatic carbocycles. The maximum Gasteiger partial charge on any atom is 0.315 e. The van der Waals surface area contributed by atoms with Gasteiger partial charge in [-0.1, -0.05) is 24.3 Å². The standard InChI is InChI=1S/C24H31F2N3O/c1-17-16-29(3,18(2)15-28(17)24(27)30)14-4-5-23(19-6-10-21(25)11-7-19)20-8-12-22(26)13-9-20/h6-13,17-18,23H,4-5,14-16H2,1-3H3,(H-,27,30)/p+1/t17-,18?,29-/m1/s1. The van der Waals surface area contributed by atoms with Gasteiger partial charge in [-0.05, 0) is 62.1 Å². The maximum absolute atomic E-state index is 13.4. The van der Waals surface area contributed by atoms with Crippen molar-refractivity contribution >= 4 is 6.03 Å². The van der Waals surface area contributed by atoms with Gasteiger partial charge in [-0.25, -0.2) is 13.6 Å². The first-order chi connectivity index (χ1) is 14.2. The van der Waals surface area contributed by atoms with E-state index in [4.69, 9.17) is 5.73 Å². The van der Waals surface area contributed by atoms with E-state index in [1.807, 2.05) is 31.2 Å². The third-order valence-electron chi connectivity index (χ3n) is 6.73. The van der Waals surface area contributed by atoms with Crippen molar-refractivity contribution in [2.45, 2.75) is 44.7 Å². The second kappa shape index (κ2) is 9.13. The number of amides is 2. The third kappa shape index (κ3) is 4.98. The summed E-state index contributed by atoms with van der Waals surface area (Å²) in [4.78, 5) is 13.4. The highest BCUT2D eigenvalue weighted by molar-refractivity contribution is 5.72. The molecule has 2 N–H and O–H groups in total. The van der Waals surface area contributed by atoms with E-state index in [0.717, 1.165) is 41.5 Å². The lowest BCUT2D eigenvalue weighted by molar-refractivity contribution is -0.938. The second-order valence-electron chi connectivity index (χ2n) is 8.87. The molecular weight excluding hydrogens is 384 g/mol. The van der Waals surface area contributed by atoms with Crippen molar-refractivity contribution in [1.29, 1.82) is 0 Å². The Morgan fingerprint density at radius 3 is 2.03 bits per heavy atom. The van der Waals surface area contributed by atoms with Crippen LogP contribution in [0.3, 0.4) is 0 Å². The molecule has 0 spiro atoms. The number of hydrogen-bond donors (Lipinski definition) is 1. The number of hydrogen-bond acceptors (Lipinski definition) is 1. The minimum absolute atomic E-state index is 0.0810. The van der Waals surface area contributed by atoms with Crippen LogP contribution in [0.5, 0.6) is 0 Å². The van der Waals surface area contributed by atoms with Crippen LogP contribution in [-0.2, 0) is 0 Å². The Hall–Kier alpha value is -2.47. The number of likely N-dealkylation sites (N-methyl/N-ethyl adjacent to an activating group) is 1. The van der Waals surface area contributed by atoms with E-state index in [1.165, 1.54) is 24.3 Å². The molecular formula is C24H32F2N3O+. The monoisotopic (exact) mass is 416 g/mol. The normalized spacial score (nSPS) is 24.3. The van der Waals surface area contributed by atoms with Crippen molar-refractivity contribution in [2.24, 2.45) is 5.73 Å². The summed E-state index contributed by atoms with van der Waals surface area (Å²) < 4.78 is 27.7. The van der Waals surface area contributed by atoms with Crippen LogP contribution in [0.2, 0.25) is 0 Å². The predicted octanol–water partition coefficient (Wildman–Crippen LogP) is 4.49. The molecule has 3 atom stereocenters. The van der Waals surface area contributed by atoms with Gasteiger partial charge in [0.25, 0.3) is 0 Å². The maximum atomic E-state index is 13.4. The molecule has 4 nitrogen and oxygen atoms in total. The molecule has 30 heavy (non-hydrogen) atoms. The van der Waals surface area contributed by atoms with Gasteiger partial charge >= 0.3 is 6.03 Å². The fourth-order valence-corrected chi connectivity index (χ4v) is 4.74. The second-order valence-corrected chi connectivity index (χ2v) is 8.87. The molecule has 0 radical (unpaired) electrons. The summed E-state index contributed by atoms with van der Waals surface area (Å²) in [5.74, 6) is -0.438. The number of halogens is 2. The van der Waals surface area contributed by atoms with Crippen LogP contribution < -0.4 is 5.73 Å². The first-order valence-corrected chi connectivity index (χ1v) is 10.6. The molecule has 1 fully saturated rings. The molecule has 6 heteroatoms. The minimum Gasteiger partial charge on any atom is -0.351 e. The number of quaternary nitrogens is 1. The van der Waals surface area contributed by atoms with E-state index in [0.29, 0.717) is 12.6 Å². The van der Waals surface area contributed by atoms with Gasteiger partial charge < -0.3 is 15.1 Å². The molecule has 1 saturated heterocycles. The largest absolute Gasteiger partial charge is 0.351 e. The van der Waals surface area contributed by atoms with Crippen LogP contribution >= 0.6 is 0 Å². The van der Waals surface area contributed by atoms with Gasteiger partial charge in [0.05, 0.1) is 32.7 Å². The molecule has 2 amide bonds. The first-order valence-electron chi connectivity index (χ1n) is 10.6. The van der Waals surface area contributed by atoms with Gasteiger partial charge in [0, 0.05) is 5.92 Å². The fraction of sp³-hybridized carbons (Fsp3) is 0.458. The van der Waals surface area contributed by atoms with E-state index >= 15 is 0 Å². The van der Waals surface area contributed by atoms with Crippen LogP contribution in [-0.4, -0.2) is 54.2 Å². The number of benzene rings is 2. The summed E-state index contributed by atoms with van der Waals surface area (Å²) in [6, 6.07) is 13.2. The van der Waals surface area contributed by atoms with Gasteiger partial charge in [0.15, 0.2) is 0 Å². The van der Waals surface area contributed by atoms with Crippen molar-refractivity contribution in [3.05, 3.63) is 71.3 Å². The van der Waals surface area contributed by atoms with Gasteiger partial charge in [0.1, 0.15) is 17.7 Å². The van der Waals surface area contributed by atoms with Gasteiger partial charge in [-0.2, -0.15) is 0 Å². The molecule has 1 aliphatic rings. The molecule has 1 aliphatic heterocycles. The molecule has 0 aromatic heterocycles. The van der Waals surface area contributed by atoms with E-state index in [-0.39, 0.29) is 29.6 Å². The summed E-state index contributed by atoms with van der Waals surface area (Å²) in [6.45, 7) is 6.71. The molecule has 2 aromatic rings. The van der Waals surface area contributed by atoms with Crippen molar-refractivity contribution in [1.82, 2.24) is 4.90 Å². The topological polar surface area (TPSA) is 46.3 Å². The molecule has 1 heterocycles. The average molecular weight is 417 g/mol. The Labute approximate surface area is 177 Å². The van der Waals surface area contributed by atoms with E-state index < -0.39 is 0 Å². The summed E-state index contributed by atoms with van der Waals surface area (Å²) in [5, 5.41) is 0. The predicted molar refractivity (Wildman–Crippen MR) is 115 cm³/mol. The zero-order valence-corrected chi connectivity index (χ0v) is 18.0. The molecule has 0 bridgehead atoms. The van der Waals surface area contributed by atoms with Gasteiger partial charge in [-0.3, -0.25) is 0 Å². The zero-order chi connectivity index (χ0) is 21.9. The van der Waals surface area contributed by atoms with Crippen LogP contribution in [0.4, 0.5) is 13.6 Å². The quantitative estimate of drug-likeness (QED) is 0.693. The Balaban J connectivity index is 1.72. The number of piperazine rings is 1. The molecule has 1 unspecified atom stereocenters. The van der Waals surface area contributed by atoms with Crippen LogP contribution in [0.1, 0.15) is 43.7 Å². The highest BCUT2D eigenvalue weighted by atomic mass is 19.1. The van der Waals surface area contributed by atoms with Crippen molar-refractivity contribution in [3.63, 3.8) is 0 Å². The fourth-order valence-electron chi connectivity index (χ4n) is 4.74. The molecule has 3 rings (SSSR count). The smallest absolute Gasteiger partial charge is 0.315 e. The average Bonchev–Trinajstić information content (AvgIpc) is 2.70. The zero-order valence-electron chi connectivity index (χ0n) is 18.0. The van der Waals surface area contributed by atoms with Crippen LogP contribution in [0.25, 0.3) is 0 Å². The first kappa shape index (κ1) is 22.2. The van der Waals surface area contributed by atoms with Crippen LogP contribution in [0.15, 0.2) is 48.5 Å².